The van der Waals surface area contributed by atoms with Gasteiger partial charge in [-0.05, 0) is 36.4 Å². The molecule has 0 radical (unpaired) electrons. The zero-order chi connectivity index (χ0) is 24.6. The molecule has 1 saturated heterocycles. The van der Waals surface area contributed by atoms with Gasteiger partial charge in [0.25, 0.3) is 5.91 Å². The normalized spacial score (nSPS) is 18.1. The van der Waals surface area contributed by atoms with Crippen LogP contribution in [0, 0.1) is 0 Å². The molecule has 1 aliphatic rings. The van der Waals surface area contributed by atoms with Crippen molar-refractivity contribution in [1.82, 2.24) is 19.5 Å². The van der Waals surface area contributed by atoms with Crippen molar-refractivity contribution in [3.05, 3.63) is 67.0 Å². The van der Waals surface area contributed by atoms with Crippen molar-refractivity contribution >= 4 is 34.2 Å². The van der Waals surface area contributed by atoms with Crippen molar-refractivity contribution in [2.75, 3.05) is 18.5 Å². The maximum atomic E-state index is 13.1. The molecule has 5 rings (SSSR count). The maximum absolute atomic E-state index is 13.1. The van der Waals surface area contributed by atoms with E-state index in [-0.39, 0.29) is 18.4 Å². The molecule has 9 nitrogen and oxygen atoms in total. The van der Waals surface area contributed by atoms with Gasteiger partial charge in [-0.25, -0.2) is 15.0 Å². The van der Waals surface area contributed by atoms with E-state index < -0.39 is 17.6 Å². The number of nitrogens with zero attached hydrogens (tertiary/aromatic N) is 4. The highest BCUT2D eigenvalue weighted by molar-refractivity contribution is 6.20. The van der Waals surface area contributed by atoms with E-state index in [9.17, 15) is 18.7 Å². The number of hydrogen-bond acceptors (Lipinski definition) is 7. The van der Waals surface area contributed by atoms with E-state index in [0.29, 0.717) is 40.0 Å². The van der Waals surface area contributed by atoms with Crippen molar-refractivity contribution in [2.24, 2.45) is 0 Å². The summed E-state index contributed by atoms with van der Waals surface area (Å²) < 4.78 is 37.1. The summed E-state index contributed by atoms with van der Waals surface area (Å²) >= 11 is 4.77. The van der Waals surface area contributed by atoms with E-state index >= 15 is 0 Å². The Hall–Kier alpha value is -3.67. The molecule has 2 aromatic heterocycles. The molecule has 180 valence electrons. The average molecular weight is 502 g/mol. The molecule has 0 saturated carbocycles. The Morgan fingerprint density at radius 2 is 1.94 bits per heavy atom. The summed E-state index contributed by atoms with van der Waals surface area (Å²) in [6.07, 6.45) is 5.55. The van der Waals surface area contributed by atoms with Gasteiger partial charge in [-0.2, -0.15) is 0 Å². The second-order valence-electron chi connectivity index (χ2n) is 7.87. The molecule has 1 aliphatic heterocycles. The number of aliphatic hydroxyl groups excluding tert-OH is 1. The first-order valence-electron chi connectivity index (χ1n) is 10.5. The molecule has 3 heterocycles. The van der Waals surface area contributed by atoms with Crippen LogP contribution in [-0.2, 0) is 4.74 Å². The minimum absolute atomic E-state index is 0.153. The molecule has 35 heavy (non-hydrogen) atoms. The van der Waals surface area contributed by atoms with Crippen LogP contribution in [0.15, 0.2) is 61.4 Å². The topological polar surface area (TPSA) is 111 Å². The fraction of sp³-hybridized carbons (Fsp3) is 0.217. The van der Waals surface area contributed by atoms with Gasteiger partial charge in [-0.15, -0.1) is 8.78 Å². The van der Waals surface area contributed by atoms with Gasteiger partial charge in [0.1, 0.15) is 18.2 Å². The molecule has 1 amide bonds. The molecule has 4 aromatic rings. The highest BCUT2D eigenvalue weighted by atomic mass is 35.5. The van der Waals surface area contributed by atoms with Gasteiger partial charge < -0.3 is 24.5 Å². The molecule has 0 spiro atoms. The molecular weight excluding hydrogens is 484 g/mol. The molecular formula is C23H18ClF2N5O4. The van der Waals surface area contributed by atoms with E-state index in [1.165, 1.54) is 30.6 Å². The zero-order valence-electron chi connectivity index (χ0n) is 17.9. The molecule has 2 N–H and O–H groups in total. The number of aliphatic hydroxyl groups is 1. The van der Waals surface area contributed by atoms with E-state index in [1.807, 2.05) is 4.57 Å². The van der Waals surface area contributed by atoms with E-state index in [0.717, 1.165) is 0 Å². The second-order valence-corrected chi connectivity index (χ2v) is 8.31. The predicted molar refractivity (Wildman–Crippen MR) is 122 cm³/mol. The minimum atomic E-state index is -3.83. The van der Waals surface area contributed by atoms with Crippen LogP contribution >= 0.6 is 11.6 Å². The van der Waals surface area contributed by atoms with Gasteiger partial charge >= 0.3 is 5.57 Å². The minimum Gasteiger partial charge on any atom is -0.420 e. The van der Waals surface area contributed by atoms with Gasteiger partial charge in [0.15, 0.2) is 0 Å². The summed E-state index contributed by atoms with van der Waals surface area (Å²) in [6.45, 7) is 0.552. The van der Waals surface area contributed by atoms with E-state index in [4.69, 9.17) is 16.3 Å². The smallest absolute Gasteiger partial charge is 0.420 e. The van der Waals surface area contributed by atoms with Crippen LogP contribution in [0.1, 0.15) is 16.4 Å². The summed E-state index contributed by atoms with van der Waals surface area (Å²) in [5.41, 5.74) is -0.622. The SMILES string of the molecule is O=C(Nc1ccc(OC(F)(F)Cl)cc1)c1cc(-c2cncnc2)c2c(c1)ncn2[C@H]1COC[C@H]1O. The number of aromatic nitrogens is 4. The molecule has 12 heteroatoms. The lowest BCUT2D eigenvalue weighted by atomic mass is 10.0. The van der Waals surface area contributed by atoms with Crippen molar-refractivity contribution in [3.63, 3.8) is 0 Å². The second kappa shape index (κ2) is 9.17. The van der Waals surface area contributed by atoms with Crippen molar-refractivity contribution in [1.29, 1.82) is 0 Å². The fourth-order valence-corrected chi connectivity index (χ4v) is 4.04. The number of halogens is 3. The average Bonchev–Trinajstić information content (AvgIpc) is 3.45. The lowest BCUT2D eigenvalue weighted by Crippen LogP contribution is -2.21. The third-order valence-electron chi connectivity index (χ3n) is 5.53. The molecule has 1 fully saturated rings. The predicted octanol–water partition coefficient (Wildman–Crippen LogP) is 3.85. The zero-order valence-corrected chi connectivity index (χ0v) is 18.7. The van der Waals surface area contributed by atoms with Crippen LogP contribution in [0.3, 0.4) is 0 Å². The number of fused-ring (bicyclic) bond motifs is 1. The molecule has 0 unspecified atom stereocenters. The first kappa shape index (κ1) is 23.1. The number of nitrogens with one attached hydrogen (secondary N) is 1. The highest BCUT2D eigenvalue weighted by Crippen LogP contribution is 2.33. The standard InChI is InChI=1S/C23H18ClF2N5O4/c24-23(25,26)35-16-3-1-15(2-4-16)30-22(33)13-5-17(14-7-27-11-28-8-14)21-18(6-13)29-12-31(21)19-9-34-10-20(19)32/h1-8,11-12,19-20,32H,9-10H2,(H,30,33)/t19-,20+/m0/s1. The third kappa shape index (κ3) is 4.92. The number of amides is 1. The van der Waals surface area contributed by atoms with Crippen molar-refractivity contribution in [2.45, 2.75) is 17.7 Å². The Morgan fingerprint density at radius 1 is 1.20 bits per heavy atom. The molecule has 2 aromatic carbocycles. The lowest BCUT2D eigenvalue weighted by molar-refractivity contribution is -0.0964. The maximum Gasteiger partial charge on any atom is 0.487 e. The summed E-state index contributed by atoms with van der Waals surface area (Å²) in [4.78, 5) is 25.7. The van der Waals surface area contributed by atoms with E-state index in [2.05, 4.69) is 25.0 Å². The number of imidazole rings is 1. The van der Waals surface area contributed by atoms with Crippen molar-refractivity contribution < 1.29 is 28.2 Å². The summed E-state index contributed by atoms with van der Waals surface area (Å²) in [7, 11) is 0. The number of hydrogen-bond donors (Lipinski definition) is 2. The number of carbonyl (C=O) groups excluding carboxylic acids is 1. The van der Waals surface area contributed by atoms with Crippen LogP contribution < -0.4 is 10.1 Å². The van der Waals surface area contributed by atoms with Gasteiger partial charge in [0.05, 0.1) is 36.6 Å². The molecule has 0 aliphatic carbocycles. The van der Waals surface area contributed by atoms with Crippen LogP contribution in [0.2, 0.25) is 0 Å². The van der Waals surface area contributed by atoms with Gasteiger partial charge in [-0.3, -0.25) is 4.79 Å². The fourth-order valence-electron chi connectivity index (χ4n) is 3.95. The Balaban J connectivity index is 1.50. The Labute approximate surface area is 202 Å². The number of rotatable bonds is 6. The van der Waals surface area contributed by atoms with Crippen LogP contribution in [0.25, 0.3) is 22.2 Å². The monoisotopic (exact) mass is 501 g/mol. The number of benzene rings is 2. The van der Waals surface area contributed by atoms with Crippen LogP contribution in [-0.4, -0.2) is 55.4 Å². The largest absolute Gasteiger partial charge is 0.487 e. The molecule has 0 bridgehead atoms. The van der Waals surface area contributed by atoms with Gasteiger partial charge in [0, 0.05) is 46.4 Å². The Bertz CT molecular complexity index is 1360. The van der Waals surface area contributed by atoms with Gasteiger partial charge in [0.2, 0.25) is 0 Å². The summed E-state index contributed by atoms with van der Waals surface area (Å²) in [5.74, 6) is -0.598. The van der Waals surface area contributed by atoms with Crippen LogP contribution in [0.4, 0.5) is 14.5 Å². The third-order valence-corrected chi connectivity index (χ3v) is 5.60. The van der Waals surface area contributed by atoms with E-state index in [1.54, 1.807) is 30.9 Å². The first-order chi connectivity index (χ1) is 16.8. The summed E-state index contributed by atoms with van der Waals surface area (Å²) in [6, 6.07) is 8.33. The number of anilines is 1. The van der Waals surface area contributed by atoms with Gasteiger partial charge in [-0.1, -0.05) is 0 Å². The first-order valence-corrected chi connectivity index (χ1v) is 10.9. The van der Waals surface area contributed by atoms with Crippen molar-refractivity contribution in [3.8, 4) is 16.9 Å². The lowest BCUT2D eigenvalue weighted by Gasteiger charge is -2.17. The number of ether oxygens (including phenoxy) is 2. The van der Waals surface area contributed by atoms with Crippen LogP contribution in [0.5, 0.6) is 5.75 Å². The number of carbonyl (C=O) groups is 1. The summed E-state index contributed by atoms with van der Waals surface area (Å²) in [5, 5.41) is 13.1. The Morgan fingerprint density at radius 3 is 2.60 bits per heavy atom. The Kier molecular flexibility index (Phi) is 6.05. The quantitative estimate of drug-likeness (QED) is 0.386. The highest BCUT2D eigenvalue weighted by Gasteiger charge is 2.30. The number of alkyl halides is 3. The molecule has 2 atom stereocenters.